The summed E-state index contributed by atoms with van der Waals surface area (Å²) in [5.41, 5.74) is 1.85. The molecule has 1 aliphatic rings. The Balaban J connectivity index is 1.50. The van der Waals surface area contributed by atoms with Gasteiger partial charge in [0.05, 0.1) is 18.7 Å². The van der Waals surface area contributed by atoms with E-state index in [4.69, 9.17) is 4.74 Å². The van der Waals surface area contributed by atoms with E-state index in [0.29, 0.717) is 23.5 Å². The van der Waals surface area contributed by atoms with Gasteiger partial charge in [0, 0.05) is 25.2 Å². The van der Waals surface area contributed by atoms with Crippen LogP contribution in [0.15, 0.2) is 48.5 Å². The molecule has 0 aromatic heterocycles. The lowest BCUT2D eigenvalue weighted by atomic mass is 10.1. The smallest absolute Gasteiger partial charge is 0.255 e. The van der Waals surface area contributed by atoms with E-state index in [0.717, 1.165) is 31.5 Å². The molecule has 3 amide bonds. The number of likely N-dealkylation sites (tertiary alicyclic amines) is 1. The molecule has 0 unspecified atom stereocenters. The molecule has 2 aromatic rings. The second-order valence-electron chi connectivity index (χ2n) is 7.09. The Bertz CT molecular complexity index is 907. The fraction of sp³-hybridized carbons (Fsp3) is 0.348. The van der Waals surface area contributed by atoms with Crippen LogP contribution < -0.4 is 15.4 Å². The predicted octanol–water partition coefficient (Wildman–Crippen LogP) is 2.37. The lowest BCUT2D eigenvalue weighted by molar-refractivity contribution is -0.120. The zero-order valence-corrected chi connectivity index (χ0v) is 17.1. The minimum atomic E-state index is -0.368. The molecule has 1 aliphatic heterocycles. The number of nitrogens with zero attached hydrogens (tertiary/aromatic N) is 1. The second kappa shape index (κ2) is 10.4. The van der Waals surface area contributed by atoms with Crippen LogP contribution in [0, 0.1) is 0 Å². The molecule has 0 radical (unpaired) electrons. The number of para-hydroxylation sites is 1. The van der Waals surface area contributed by atoms with E-state index in [2.05, 4.69) is 10.6 Å². The van der Waals surface area contributed by atoms with Crippen molar-refractivity contribution in [2.24, 2.45) is 0 Å². The van der Waals surface area contributed by atoms with Crippen LogP contribution in [0.3, 0.4) is 0 Å². The first-order valence-corrected chi connectivity index (χ1v) is 10.2. The summed E-state index contributed by atoms with van der Waals surface area (Å²) < 4.78 is 5.45. The summed E-state index contributed by atoms with van der Waals surface area (Å²) in [6.07, 6.45) is 2.09. The van der Waals surface area contributed by atoms with Gasteiger partial charge in [-0.3, -0.25) is 14.4 Å². The Morgan fingerprint density at radius 3 is 2.53 bits per heavy atom. The molecule has 1 fully saturated rings. The molecule has 0 saturated carbocycles. The van der Waals surface area contributed by atoms with Crippen molar-refractivity contribution >= 4 is 17.7 Å². The molecular formula is C23H27N3O4. The van der Waals surface area contributed by atoms with Gasteiger partial charge in [0.2, 0.25) is 5.91 Å². The summed E-state index contributed by atoms with van der Waals surface area (Å²) in [4.78, 5) is 38.9. The molecule has 1 heterocycles. The van der Waals surface area contributed by atoms with Crippen LogP contribution in [0.25, 0.3) is 0 Å². The summed E-state index contributed by atoms with van der Waals surface area (Å²) in [6.45, 7) is 4.02. The van der Waals surface area contributed by atoms with Gasteiger partial charge in [-0.05, 0) is 49.6 Å². The summed E-state index contributed by atoms with van der Waals surface area (Å²) in [7, 11) is 0. The van der Waals surface area contributed by atoms with Crippen LogP contribution in [-0.4, -0.2) is 48.9 Å². The second-order valence-corrected chi connectivity index (χ2v) is 7.09. The molecule has 1 saturated heterocycles. The number of rotatable bonds is 8. The third kappa shape index (κ3) is 5.59. The summed E-state index contributed by atoms with van der Waals surface area (Å²) >= 11 is 0. The van der Waals surface area contributed by atoms with Crippen molar-refractivity contribution in [3.8, 4) is 5.75 Å². The van der Waals surface area contributed by atoms with Crippen LogP contribution in [0.4, 0.5) is 0 Å². The normalized spacial score (nSPS) is 13.0. The average Bonchev–Trinajstić information content (AvgIpc) is 3.31. The molecular weight excluding hydrogens is 382 g/mol. The van der Waals surface area contributed by atoms with E-state index in [1.165, 1.54) is 0 Å². The minimum Gasteiger partial charge on any atom is -0.493 e. The number of carbonyl (C=O) groups is 3. The highest BCUT2D eigenvalue weighted by Gasteiger charge is 2.19. The SMILES string of the molecule is CCOc1ccccc1C(=O)NCC(=O)NCc1cccc(C(=O)N2CCCC2)c1. The van der Waals surface area contributed by atoms with E-state index < -0.39 is 0 Å². The van der Waals surface area contributed by atoms with E-state index in [1.807, 2.05) is 24.0 Å². The first-order valence-electron chi connectivity index (χ1n) is 10.2. The van der Waals surface area contributed by atoms with Crippen molar-refractivity contribution in [2.45, 2.75) is 26.3 Å². The maximum atomic E-state index is 12.5. The Morgan fingerprint density at radius 1 is 1.00 bits per heavy atom. The Labute approximate surface area is 176 Å². The predicted molar refractivity (Wildman–Crippen MR) is 113 cm³/mol. The third-order valence-corrected chi connectivity index (χ3v) is 4.90. The van der Waals surface area contributed by atoms with E-state index >= 15 is 0 Å². The Morgan fingerprint density at radius 2 is 1.77 bits per heavy atom. The monoisotopic (exact) mass is 409 g/mol. The third-order valence-electron chi connectivity index (χ3n) is 4.90. The Kier molecular flexibility index (Phi) is 7.43. The van der Waals surface area contributed by atoms with Gasteiger partial charge in [0.15, 0.2) is 0 Å². The molecule has 158 valence electrons. The maximum Gasteiger partial charge on any atom is 0.255 e. The van der Waals surface area contributed by atoms with Crippen molar-refractivity contribution in [3.05, 3.63) is 65.2 Å². The van der Waals surface area contributed by atoms with Crippen LogP contribution in [0.5, 0.6) is 5.75 Å². The van der Waals surface area contributed by atoms with Gasteiger partial charge in [0.25, 0.3) is 11.8 Å². The van der Waals surface area contributed by atoms with E-state index in [-0.39, 0.29) is 30.8 Å². The summed E-state index contributed by atoms with van der Waals surface area (Å²) in [6, 6.07) is 14.2. The van der Waals surface area contributed by atoms with Gasteiger partial charge in [-0.15, -0.1) is 0 Å². The largest absolute Gasteiger partial charge is 0.493 e. The van der Waals surface area contributed by atoms with Crippen LogP contribution in [0.1, 0.15) is 46.0 Å². The fourth-order valence-electron chi connectivity index (χ4n) is 3.37. The zero-order chi connectivity index (χ0) is 21.3. The van der Waals surface area contributed by atoms with Crippen LogP contribution in [-0.2, 0) is 11.3 Å². The minimum absolute atomic E-state index is 0.0286. The highest BCUT2D eigenvalue weighted by Crippen LogP contribution is 2.17. The highest BCUT2D eigenvalue weighted by atomic mass is 16.5. The van der Waals surface area contributed by atoms with Gasteiger partial charge in [0.1, 0.15) is 5.75 Å². The molecule has 0 aliphatic carbocycles. The van der Waals surface area contributed by atoms with Crippen LogP contribution in [0.2, 0.25) is 0 Å². The number of nitrogens with one attached hydrogen (secondary N) is 2. The standard InChI is InChI=1S/C23H27N3O4/c1-2-30-20-11-4-3-10-19(20)22(28)25-16-21(27)24-15-17-8-7-9-18(14-17)23(29)26-12-5-6-13-26/h3-4,7-11,14H,2,5-6,12-13,15-16H2,1H3,(H,24,27)(H,25,28). The van der Waals surface area contributed by atoms with Crippen LogP contribution >= 0.6 is 0 Å². The van der Waals surface area contributed by atoms with Crippen molar-refractivity contribution in [1.29, 1.82) is 0 Å². The average molecular weight is 409 g/mol. The molecule has 0 bridgehead atoms. The number of amides is 3. The van der Waals surface area contributed by atoms with Crippen molar-refractivity contribution < 1.29 is 19.1 Å². The number of hydrogen-bond acceptors (Lipinski definition) is 4. The quantitative estimate of drug-likeness (QED) is 0.701. The lowest BCUT2D eigenvalue weighted by Crippen LogP contribution is -2.36. The number of benzene rings is 2. The van der Waals surface area contributed by atoms with Crippen molar-refractivity contribution in [2.75, 3.05) is 26.2 Å². The van der Waals surface area contributed by atoms with Crippen molar-refractivity contribution in [3.63, 3.8) is 0 Å². The van der Waals surface area contributed by atoms with Gasteiger partial charge in [-0.2, -0.15) is 0 Å². The molecule has 0 spiro atoms. The first kappa shape index (κ1) is 21.4. The van der Waals surface area contributed by atoms with E-state index in [9.17, 15) is 14.4 Å². The van der Waals surface area contributed by atoms with Crippen molar-refractivity contribution in [1.82, 2.24) is 15.5 Å². The molecule has 7 nitrogen and oxygen atoms in total. The summed E-state index contributed by atoms with van der Waals surface area (Å²) in [5.74, 6) is -0.167. The summed E-state index contributed by atoms with van der Waals surface area (Å²) in [5, 5.41) is 5.38. The molecule has 0 atom stereocenters. The first-order chi connectivity index (χ1) is 14.6. The topological polar surface area (TPSA) is 87.7 Å². The fourth-order valence-corrected chi connectivity index (χ4v) is 3.37. The molecule has 3 rings (SSSR count). The Hall–Kier alpha value is -3.35. The lowest BCUT2D eigenvalue weighted by Gasteiger charge is -2.15. The molecule has 7 heteroatoms. The zero-order valence-electron chi connectivity index (χ0n) is 17.1. The van der Waals surface area contributed by atoms with Gasteiger partial charge in [-0.1, -0.05) is 24.3 Å². The highest BCUT2D eigenvalue weighted by molar-refractivity contribution is 5.98. The van der Waals surface area contributed by atoms with E-state index in [1.54, 1.807) is 36.4 Å². The molecule has 2 aromatic carbocycles. The van der Waals surface area contributed by atoms with Gasteiger partial charge in [-0.25, -0.2) is 0 Å². The number of ether oxygens (including phenoxy) is 1. The number of hydrogen-bond donors (Lipinski definition) is 2. The maximum absolute atomic E-state index is 12.5. The van der Waals surface area contributed by atoms with Gasteiger partial charge >= 0.3 is 0 Å². The van der Waals surface area contributed by atoms with Gasteiger partial charge < -0.3 is 20.3 Å². The number of carbonyl (C=O) groups excluding carboxylic acids is 3. The molecule has 30 heavy (non-hydrogen) atoms. The molecule has 2 N–H and O–H groups in total.